The first-order chi connectivity index (χ1) is 14.7. The van der Waals surface area contributed by atoms with Gasteiger partial charge in [-0.2, -0.15) is 5.11 Å². The predicted molar refractivity (Wildman–Crippen MR) is 123 cm³/mol. The minimum absolute atomic E-state index is 0.775. The van der Waals surface area contributed by atoms with E-state index in [2.05, 4.69) is 33.3 Å². The van der Waals surface area contributed by atoms with Crippen LogP contribution in [0.2, 0.25) is 0 Å². The Bertz CT molecular complexity index is 1140. The number of ether oxygens (including phenoxy) is 1. The Kier molecular flexibility index (Phi) is 5.85. The highest BCUT2D eigenvalue weighted by Crippen LogP contribution is 2.39. The number of hydrogen-bond acceptors (Lipinski definition) is 4. The van der Waals surface area contributed by atoms with E-state index < -0.39 is 0 Å². The van der Waals surface area contributed by atoms with Crippen LogP contribution in [0, 0.1) is 0 Å². The standard InChI is InChI=1S/C26H23N3O/c1-29(2)26-18-17-22(30-21-13-7-4-8-14-21)19-24(26)23-15-9-10-16-25(23)28-27-20-11-5-3-6-12-20/h3-19H,1-2H3. The van der Waals surface area contributed by atoms with Crippen molar-refractivity contribution >= 4 is 17.1 Å². The van der Waals surface area contributed by atoms with Gasteiger partial charge in [0.05, 0.1) is 11.4 Å². The van der Waals surface area contributed by atoms with Crippen molar-refractivity contribution in [1.29, 1.82) is 0 Å². The average Bonchev–Trinajstić information content (AvgIpc) is 2.79. The first-order valence-electron chi connectivity index (χ1n) is 9.81. The maximum Gasteiger partial charge on any atom is 0.128 e. The molecule has 4 aromatic carbocycles. The molecule has 0 radical (unpaired) electrons. The molecular weight excluding hydrogens is 370 g/mol. The van der Waals surface area contributed by atoms with Crippen LogP contribution in [0.4, 0.5) is 17.1 Å². The molecule has 4 rings (SSSR count). The van der Waals surface area contributed by atoms with Crippen LogP contribution < -0.4 is 9.64 Å². The van der Waals surface area contributed by atoms with Crippen molar-refractivity contribution in [2.45, 2.75) is 0 Å². The maximum absolute atomic E-state index is 6.07. The number of para-hydroxylation sites is 1. The molecule has 0 atom stereocenters. The summed E-state index contributed by atoms with van der Waals surface area (Å²) < 4.78 is 6.07. The third-order valence-electron chi connectivity index (χ3n) is 4.65. The lowest BCUT2D eigenvalue weighted by atomic mass is 10.0. The predicted octanol–water partition coefficient (Wildman–Crippen LogP) is 7.63. The molecule has 0 aliphatic carbocycles. The fraction of sp³-hybridized carbons (Fsp3) is 0.0769. The van der Waals surface area contributed by atoms with E-state index in [1.807, 2.05) is 99.0 Å². The summed E-state index contributed by atoms with van der Waals surface area (Å²) in [6, 6.07) is 33.7. The first-order valence-corrected chi connectivity index (χ1v) is 9.81. The highest BCUT2D eigenvalue weighted by molar-refractivity contribution is 5.86. The smallest absolute Gasteiger partial charge is 0.128 e. The van der Waals surface area contributed by atoms with Gasteiger partial charge in [0.1, 0.15) is 11.5 Å². The molecule has 0 aliphatic rings. The van der Waals surface area contributed by atoms with E-state index in [1.165, 1.54) is 0 Å². The zero-order valence-corrected chi connectivity index (χ0v) is 17.1. The van der Waals surface area contributed by atoms with E-state index in [1.54, 1.807) is 0 Å². The normalized spacial score (nSPS) is 10.9. The van der Waals surface area contributed by atoms with Gasteiger partial charge in [-0.25, -0.2) is 0 Å². The zero-order chi connectivity index (χ0) is 20.8. The van der Waals surface area contributed by atoms with Crippen molar-refractivity contribution in [2.24, 2.45) is 10.2 Å². The van der Waals surface area contributed by atoms with E-state index in [9.17, 15) is 0 Å². The van der Waals surface area contributed by atoms with Crippen LogP contribution in [-0.2, 0) is 0 Å². The van der Waals surface area contributed by atoms with Crippen LogP contribution >= 0.6 is 0 Å². The molecule has 148 valence electrons. The Balaban J connectivity index is 1.75. The fourth-order valence-corrected chi connectivity index (χ4v) is 3.20. The minimum Gasteiger partial charge on any atom is -0.457 e. The molecule has 0 aromatic heterocycles. The SMILES string of the molecule is CN(C)c1ccc(Oc2ccccc2)cc1-c1ccccc1N=Nc1ccccc1. The van der Waals surface area contributed by atoms with Gasteiger partial charge >= 0.3 is 0 Å². The lowest BCUT2D eigenvalue weighted by Gasteiger charge is -2.19. The summed E-state index contributed by atoms with van der Waals surface area (Å²) in [5.41, 5.74) is 4.75. The molecule has 30 heavy (non-hydrogen) atoms. The number of hydrogen-bond donors (Lipinski definition) is 0. The molecule has 0 fully saturated rings. The van der Waals surface area contributed by atoms with Crippen LogP contribution in [0.1, 0.15) is 0 Å². The Labute approximate surface area is 177 Å². The van der Waals surface area contributed by atoms with Gasteiger partial charge in [0.15, 0.2) is 0 Å². The first kappa shape index (κ1) is 19.4. The van der Waals surface area contributed by atoms with Crippen molar-refractivity contribution in [1.82, 2.24) is 0 Å². The Morgan fingerprint density at radius 1 is 0.600 bits per heavy atom. The van der Waals surface area contributed by atoms with Crippen molar-refractivity contribution in [3.63, 3.8) is 0 Å². The van der Waals surface area contributed by atoms with E-state index in [0.717, 1.165) is 39.7 Å². The number of benzene rings is 4. The summed E-state index contributed by atoms with van der Waals surface area (Å²) in [7, 11) is 4.06. The summed E-state index contributed by atoms with van der Waals surface area (Å²) in [6.45, 7) is 0. The summed E-state index contributed by atoms with van der Waals surface area (Å²) >= 11 is 0. The molecule has 0 spiro atoms. The number of azo groups is 1. The molecule has 0 N–H and O–H groups in total. The highest BCUT2D eigenvalue weighted by Gasteiger charge is 2.13. The van der Waals surface area contributed by atoms with Gasteiger partial charge in [-0.05, 0) is 48.5 Å². The Morgan fingerprint density at radius 2 is 1.27 bits per heavy atom. The molecule has 4 aromatic rings. The molecule has 4 nitrogen and oxygen atoms in total. The largest absolute Gasteiger partial charge is 0.457 e. The minimum atomic E-state index is 0.775. The molecule has 0 saturated heterocycles. The number of rotatable bonds is 6. The number of anilines is 1. The van der Waals surface area contributed by atoms with Crippen LogP contribution in [-0.4, -0.2) is 14.1 Å². The van der Waals surface area contributed by atoms with Gasteiger partial charge in [-0.15, -0.1) is 5.11 Å². The Morgan fingerprint density at radius 3 is 2.00 bits per heavy atom. The lowest BCUT2D eigenvalue weighted by Crippen LogP contribution is -2.10. The third kappa shape index (κ3) is 4.55. The number of nitrogens with zero attached hydrogens (tertiary/aromatic N) is 3. The quantitative estimate of drug-likeness (QED) is 0.316. The second kappa shape index (κ2) is 9.05. The third-order valence-corrected chi connectivity index (χ3v) is 4.65. The van der Waals surface area contributed by atoms with Crippen molar-refractivity contribution in [3.8, 4) is 22.6 Å². The fourth-order valence-electron chi connectivity index (χ4n) is 3.20. The summed E-state index contributed by atoms with van der Waals surface area (Å²) in [5, 5.41) is 8.94. The molecule has 0 unspecified atom stereocenters. The van der Waals surface area contributed by atoms with Crippen LogP contribution in [0.15, 0.2) is 113 Å². The molecule has 0 aliphatic heterocycles. The second-order valence-electron chi connectivity index (χ2n) is 7.04. The molecule has 4 heteroatoms. The van der Waals surface area contributed by atoms with Gasteiger partial charge < -0.3 is 9.64 Å². The molecule has 0 amide bonds. The highest BCUT2D eigenvalue weighted by atomic mass is 16.5. The summed E-state index contributed by atoms with van der Waals surface area (Å²) in [4.78, 5) is 2.09. The van der Waals surface area contributed by atoms with E-state index in [4.69, 9.17) is 4.74 Å². The zero-order valence-electron chi connectivity index (χ0n) is 17.1. The second-order valence-corrected chi connectivity index (χ2v) is 7.04. The van der Waals surface area contributed by atoms with E-state index >= 15 is 0 Å². The van der Waals surface area contributed by atoms with Gasteiger partial charge in [0.2, 0.25) is 0 Å². The van der Waals surface area contributed by atoms with Crippen LogP contribution in [0.25, 0.3) is 11.1 Å². The molecule has 0 bridgehead atoms. The van der Waals surface area contributed by atoms with Crippen molar-refractivity contribution in [3.05, 3.63) is 103 Å². The van der Waals surface area contributed by atoms with Gasteiger partial charge in [-0.3, -0.25) is 0 Å². The Hall–Kier alpha value is -3.92. The van der Waals surface area contributed by atoms with Gasteiger partial charge in [0.25, 0.3) is 0 Å². The molecular formula is C26H23N3O. The van der Waals surface area contributed by atoms with Crippen LogP contribution in [0.3, 0.4) is 0 Å². The van der Waals surface area contributed by atoms with Gasteiger partial charge in [0, 0.05) is 30.9 Å². The monoisotopic (exact) mass is 393 g/mol. The van der Waals surface area contributed by atoms with Crippen LogP contribution in [0.5, 0.6) is 11.5 Å². The molecule has 0 saturated carbocycles. The summed E-state index contributed by atoms with van der Waals surface area (Å²) in [5.74, 6) is 1.58. The lowest BCUT2D eigenvalue weighted by molar-refractivity contribution is 0.483. The van der Waals surface area contributed by atoms with E-state index in [0.29, 0.717) is 0 Å². The summed E-state index contributed by atoms with van der Waals surface area (Å²) in [6.07, 6.45) is 0. The van der Waals surface area contributed by atoms with Gasteiger partial charge in [-0.1, -0.05) is 54.6 Å². The maximum atomic E-state index is 6.07. The molecule has 0 heterocycles. The van der Waals surface area contributed by atoms with E-state index in [-0.39, 0.29) is 0 Å². The topological polar surface area (TPSA) is 37.2 Å². The average molecular weight is 393 g/mol. The van der Waals surface area contributed by atoms with Crippen molar-refractivity contribution in [2.75, 3.05) is 19.0 Å². The van der Waals surface area contributed by atoms with Crippen molar-refractivity contribution < 1.29 is 4.74 Å².